The van der Waals surface area contributed by atoms with E-state index in [4.69, 9.17) is 10.5 Å². The van der Waals surface area contributed by atoms with Crippen LogP contribution in [0.25, 0.3) is 10.8 Å². The minimum absolute atomic E-state index is 0.396. The van der Waals surface area contributed by atoms with Crippen LogP contribution in [0.15, 0.2) is 42.5 Å². The van der Waals surface area contributed by atoms with Gasteiger partial charge in [-0.15, -0.1) is 0 Å². The molecule has 2 aromatic carbocycles. The number of benzene rings is 2. The van der Waals surface area contributed by atoms with Crippen molar-refractivity contribution in [1.82, 2.24) is 0 Å². The van der Waals surface area contributed by atoms with Crippen molar-refractivity contribution in [2.45, 2.75) is 25.3 Å². The number of esters is 1. The van der Waals surface area contributed by atoms with Gasteiger partial charge in [-0.05, 0) is 31.2 Å². The predicted molar refractivity (Wildman–Crippen MR) is 83.3 cm³/mol. The Labute approximate surface area is 124 Å². The van der Waals surface area contributed by atoms with E-state index in [1.807, 2.05) is 30.3 Å². The van der Waals surface area contributed by atoms with Crippen molar-refractivity contribution in [3.05, 3.63) is 42.5 Å². The van der Waals surface area contributed by atoms with Gasteiger partial charge in [0.25, 0.3) is 0 Å². The van der Waals surface area contributed by atoms with Crippen molar-refractivity contribution in [2.24, 2.45) is 5.73 Å². The molecular formula is C17H21NO3. The molecule has 0 spiro atoms. The third kappa shape index (κ3) is 3.73. The molecule has 2 rings (SSSR count). The van der Waals surface area contributed by atoms with Crippen molar-refractivity contribution in [1.29, 1.82) is 0 Å². The third-order valence-electron chi connectivity index (χ3n) is 3.50. The van der Waals surface area contributed by atoms with Gasteiger partial charge in [-0.3, -0.25) is 4.79 Å². The summed E-state index contributed by atoms with van der Waals surface area (Å²) in [5.41, 5.74) is 4.95. The van der Waals surface area contributed by atoms with Crippen LogP contribution in [0, 0.1) is 0 Å². The molecule has 21 heavy (non-hydrogen) atoms. The van der Waals surface area contributed by atoms with Gasteiger partial charge in [-0.25, -0.2) is 0 Å². The highest BCUT2D eigenvalue weighted by Crippen LogP contribution is 2.25. The van der Waals surface area contributed by atoms with E-state index in [-0.39, 0.29) is 0 Å². The average molecular weight is 287 g/mol. The van der Waals surface area contributed by atoms with Gasteiger partial charge in [0.2, 0.25) is 0 Å². The lowest BCUT2D eigenvalue weighted by Crippen LogP contribution is -2.45. The maximum atomic E-state index is 11.5. The molecule has 0 aliphatic heterocycles. The Morgan fingerprint density at radius 2 is 1.90 bits per heavy atom. The van der Waals surface area contributed by atoms with Crippen LogP contribution in [-0.4, -0.2) is 25.2 Å². The van der Waals surface area contributed by atoms with Crippen molar-refractivity contribution in [3.8, 4) is 5.75 Å². The van der Waals surface area contributed by atoms with Gasteiger partial charge in [-0.1, -0.05) is 36.4 Å². The normalized spacial score (nSPS) is 13.7. The summed E-state index contributed by atoms with van der Waals surface area (Å²) in [7, 11) is 1.35. The van der Waals surface area contributed by atoms with E-state index in [0.717, 1.165) is 16.5 Å². The lowest BCUT2D eigenvalue weighted by molar-refractivity contribution is -0.146. The first kappa shape index (κ1) is 15.3. The maximum absolute atomic E-state index is 11.5. The summed E-state index contributed by atoms with van der Waals surface area (Å²) < 4.78 is 10.5. The first-order chi connectivity index (χ1) is 10.0. The van der Waals surface area contributed by atoms with Gasteiger partial charge in [0.05, 0.1) is 13.7 Å². The maximum Gasteiger partial charge on any atom is 0.325 e. The molecule has 2 N–H and O–H groups in total. The molecule has 0 saturated heterocycles. The predicted octanol–water partition coefficient (Wildman–Crippen LogP) is 2.89. The van der Waals surface area contributed by atoms with Gasteiger partial charge in [0.1, 0.15) is 11.3 Å². The molecule has 0 saturated carbocycles. The highest BCUT2D eigenvalue weighted by molar-refractivity contribution is 5.88. The molecule has 0 heterocycles. The van der Waals surface area contributed by atoms with E-state index in [1.54, 1.807) is 6.92 Å². The van der Waals surface area contributed by atoms with Crippen LogP contribution in [0.1, 0.15) is 19.8 Å². The van der Waals surface area contributed by atoms with E-state index in [9.17, 15) is 4.79 Å². The van der Waals surface area contributed by atoms with E-state index < -0.39 is 11.5 Å². The minimum atomic E-state index is -0.961. The summed E-state index contributed by atoms with van der Waals surface area (Å²) >= 11 is 0. The van der Waals surface area contributed by atoms with Crippen molar-refractivity contribution < 1.29 is 14.3 Å². The molecule has 0 aromatic heterocycles. The van der Waals surface area contributed by atoms with Crippen LogP contribution in [0.4, 0.5) is 0 Å². The summed E-state index contributed by atoms with van der Waals surface area (Å²) in [4.78, 5) is 11.5. The number of methoxy groups -OCH3 is 1. The third-order valence-corrected chi connectivity index (χ3v) is 3.50. The van der Waals surface area contributed by atoms with Crippen molar-refractivity contribution in [3.63, 3.8) is 0 Å². The van der Waals surface area contributed by atoms with E-state index in [0.29, 0.717) is 19.4 Å². The molecule has 1 unspecified atom stereocenters. The average Bonchev–Trinajstić information content (AvgIpc) is 2.50. The molecule has 0 aliphatic rings. The highest BCUT2D eigenvalue weighted by Gasteiger charge is 2.28. The topological polar surface area (TPSA) is 61.5 Å². The zero-order valence-corrected chi connectivity index (χ0v) is 12.5. The number of fused-ring (bicyclic) bond motifs is 1. The Morgan fingerprint density at radius 3 is 2.67 bits per heavy atom. The Balaban J connectivity index is 1.93. The smallest absolute Gasteiger partial charge is 0.325 e. The molecule has 4 nitrogen and oxygen atoms in total. The standard InChI is InChI=1S/C17H21NO3/c1-17(18,16(19)20-2)11-6-12-21-15-10-5-8-13-7-3-4-9-14(13)15/h3-5,7-10H,6,11-12,18H2,1-2H3. The SMILES string of the molecule is COC(=O)C(C)(N)CCCOc1cccc2ccccc12. The number of carbonyl (C=O) groups excluding carboxylic acids is 1. The summed E-state index contributed by atoms with van der Waals surface area (Å²) in [5.74, 6) is 0.456. The second-order valence-corrected chi connectivity index (χ2v) is 5.34. The van der Waals surface area contributed by atoms with Crippen molar-refractivity contribution >= 4 is 16.7 Å². The molecule has 4 heteroatoms. The van der Waals surface area contributed by atoms with E-state index in [1.165, 1.54) is 7.11 Å². The fourth-order valence-electron chi connectivity index (χ4n) is 2.28. The summed E-state index contributed by atoms with van der Waals surface area (Å²) in [6.07, 6.45) is 1.20. The fraction of sp³-hybridized carbons (Fsp3) is 0.353. The summed E-state index contributed by atoms with van der Waals surface area (Å²) in [6, 6.07) is 14.0. The lowest BCUT2D eigenvalue weighted by Gasteiger charge is -2.21. The molecule has 0 radical (unpaired) electrons. The number of nitrogens with two attached hydrogens (primary N) is 1. The Hall–Kier alpha value is -2.07. The van der Waals surface area contributed by atoms with E-state index in [2.05, 4.69) is 16.9 Å². The van der Waals surface area contributed by atoms with Gasteiger partial charge in [0, 0.05) is 5.39 Å². The van der Waals surface area contributed by atoms with Crippen LogP contribution in [0.2, 0.25) is 0 Å². The van der Waals surface area contributed by atoms with Crippen molar-refractivity contribution in [2.75, 3.05) is 13.7 Å². The molecule has 1 atom stereocenters. The van der Waals surface area contributed by atoms with Gasteiger partial charge in [-0.2, -0.15) is 0 Å². The Morgan fingerprint density at radius 1 is 1.19 bits per heavy atom. The first-order valence-corrected chi connectivity index (χ1v) is 7.02. The number of hydrogen-bond donors (Lipinski definition) is 1. The second kappa shape index (κ2) is 6.59. The van der Waals surface area contributed by atoms with E-state index >= 15 is 0 Å². The monoisotopic (exact) mass is 287 g/mol. The Bertz CT molecular complexity index is 617. The number of hydrogen-bond acceptors (Lipinski definition) is 4. The molecule has 2 aromatic rings. The van der Waals surface area contributed by atoms with Gasteiger partial charge in [0.15, 0.2) is 0 Å². The minimum Gasteiger partial charge on any atom is -0.493 e. The molecule has 0 amide bonds. The second-order valence-electron chi connectivity index (χ2n) is 5.34. The molecule has 0 fully saturated rings. The molecular weight excluding hydrogens is 266 g/mol. The molecule has 0 bridgehead atoms. The largest absolute Gasteiger partial charge is 0.493 e. The number of ether oxygens (including phenoxy) is 2. The highest BCUT2D eigenvalue weighted by atomic mass is 16.5. The first-order valence-electron chi connectivity index (χ1n) is 7.02. The van der Waals surface area contributed by atoms with Gasteiger partial charge >= 0.3 is 5.97 Å². The zero-order valence-electron chi connectivity index (χ0n) is 12.5. The lowest BCUT2D eigenvalue weighted by atomic mass is 9.98. The Kier molecular flexibility index (Phi) is 4.81. The van der Waals surface area contributed by atoms with Crippen LogP contribution >= 0.6 is 0 Å². The summed E-state index contributed by atoms with van der Waals surface area (Å²) in [5, 5.41) is 2.23. The quantitative estimate of drug-likeness (QED) is 0.655. The van der Waals surface area contributed by atoms with Crippen LogP contribution in [-0.2, 0) is 9.53 Å². The van der Waals surface area contributed by atoms with Gasteiger partial charge < -0.3 is 15.2 Å². The molecule has 0 aliphatic carbocycles. The fourth-order valence-corrected chi connectivity index (χ4v) is 2.28. The van der Waals surface area contributed by atoms with Crippen LogP contribution < -0.4 is 10.5 Å². The number of rotatable bonds is 6. The zero-order chi connectivity index (χ0) is 15.3. The summed E-state index contributed by atoms with van der Waals surface area (Å²) in [6.45, 7) is 2.19. The number of carbonyl (C=O) groups is 1. The van der Waals surface area contributed by atoms with Crippen LogP contribution in [0.5, 0.6) is 5.75 Å². The van der Waals surface area contributed by atoms with Crippen LogP contribution in [0.3, 0.4) is 0 Å². The molecule has 112 valence electrons.